The number of amides is 9. The van der Waals surface area contributed by atoms with E-state index in [1.54, 1.807) is 80.7 Å². The molecule has 4 heterocycles. The molecule has 8 rings (SSSR count). The van der Waals surface area contributed by atoms with Crippen molar-refractivity contribution >= 4 is 87.6 Å². The predicted octanol–water partition coefficient (Wildman–Crippen LogP) is 5.09. The van der Waals surface area contributed by atoms with Crippen molar-refractivity contribution in [1.82, 2.24) is 52.0 Å². The number of H-pyrrole nitrogens is 1. The number of ether oxygens (including phenoxy) is 3. The molecule has 8 N–H and O–H groups in total. The van der Waals surface area contributed by atoms with Crippen LogP contribution in [0.25, 0.3) is 10.9 Å². The van der Waals surface area contributed by atoms with Crippen LogP contribution in [0.4, 0.5) is 8.78 Å². The third kappa shape index (κ3) is 19.1. The summed E-state index contributed by atoms with van der Waals surface area (Å²) in [6.07, 6.45) is 4.52. The molecule has 1 saturated heterocycles. The van der Waals surface area contributed by atoms with Gasteiger partial charge in [-0.2, -0.15) is 23.5 Å². The van der Waals surface area contributed by atoms with Gasteiger partial charge < -0.3 is 66.2 Å². The minimum Gasteiger partial charge on any atom is -0.497 e. The van der Waals surface area contributed by atoms with Gasteiger partial charge in [0, 0.05) is 93.0 Å². The Labute approximate surface area is 554 Å². The number of carbonyl (C=O) groups is 9. The quantitative estimate of drug-likeness (QED) is 0.0986. The summed E-state index contributed by atoms with van der Waals surface area (Å²) < 4.78 is 47.1. The number of aromatic amines is 1. The Morgan fingerprint density at radius 3 is 2.15 bits per heavy atom. The van der Waals surface area contributed by atoms with Crippen molar-refractivity contribution in [2.45, 2.75) is 145 Å². The van der Waals surface area contributed by atoms with Crippen LogP contribution in [-0.2, 0) is 78.7 Å². The SMILES string of the molecule is COc1ccc(C[C@@H]2NC(=O)[C@H]([C@@H](C)OC)NC(=O)[C@@H]3CC/C=C\COc4cccc(c4)C[C@H](NC(=O)[C@@H](C)NC(=O)[C@H](C)NC(=O)CCSCc4cc(F)cc(c4)CSCCNC(=O)[C@]4(C)CCCN4C2=O)C(=O)N[C@@H](Cc2c[nH]c4ccc(F)cc24)C(=O)N3C)cc1. The minimum absolute atomic E-state index is 0.0199. The van der Waals surface area contributed by atoms with E-state index in [2.05, 4.69) is 42.2 Å². The van der Waals surface area contributed by atoms with Gasteiger partial charge in [-0.25, -0.2) is 8.78 Å². The molecule has 504 valence electrons. The summed E-state index contributed by atoms with van der Waals surface area (Å²) in [6, 6.07) is 13.1. The molecule has 0 unspecified atom stereocenters. The van der Waals surface area contributed by atoms with E-state index < -0.39 is 119 Å². The molecule has 0 radical (unpaired) electrons. The highest BCUT2D eigenvalue weighted by Gasteiger charge is 2.48. The third-order valence-electron chi connectivity index (χ3n) is 17.1. The number of methoxy groups -OCH3 is 2. The van der Waals surface area contributed by atoms with Crippen molar-refractivity contribution in [3.8, 4) is 11.5 Å². The normalized spacial score (nSPS) is 25.2. The molecule has 0 aliphatic carbocycles. The molecule has 26 heteroatoms. The standard InChI is InChI=1S/C68H84F2N10O12S2/c1-40-60(82)74-41(2)61(83)75-54-34-44-13-11-14-51(32-44)92-26-10-8-9-15-57(79(5)65(87)56(76-62(54)84)35-47-37-72-53-21-18-48(69)36-52(47)53)63(85)78-59(42(3)90-6)64(86)77-55(33-43-16-19-50(91-7)20-17-43)66(88)80-25-12-23-68(80,4)67(89)71-24-28-94-39-46-29-45(30-49(70)31-46)38-93-27-22-58(81)73-40/h8,10-11,13-14,16-21,29-32,36-37,40-42,54-57,59,72H,9,12,15,22-28,33-35,38-39H2,1-7H3,(H,71,89)(H,73,81)(H,74,82)(H,75,83)(H,76,84)(H,77,86)(H,78,85)/b10-8-/t40-,41+,42+,54-,55-,56-,57-,59-,68-/m0/s1. The second-order valence-electron chi connectivity index (χ2n) is 24.0. The lowest BCUT2D eigenvalue weighted by atomic mass is 9.95. The Bertz CT molecular complexity index is 3580. The zero-order chi connectivity index (χ0) is 67.6. The molecule has 9 amide bonds. The van der Waals surface area contributed by atoms with E-state index in [1.807, 2.05) is 6.07 Å². The number of carbonyl (C=O) groups excluding carboxylic acids is 9. The molecule has 1 aromatic heterocycles. The number of rotatable bonds is 7. The van der Waals surface area contributed by atoms with E-state index in [1.165, 1.54) is 93.9 Å². The Hall–Kier alpha value is -8.49. The average Bonchev–Trinajstić information content (AvgIpc) is 1.59. The number of thioether (sulfide) groups is 2. The highest BCUT2D eigenvalue weighted by Crippen LogP contribution is 2.31. The van der Waals surface area contributed by atoms with Crippen LogP contribution in [0.3, 0.4) is 0 Å². The lowest BCUT2D eigenvalue weighted by molar-refractivity contribution is -0.147. The van der Waals surface area contributed by atoms with Gasteiger partial charge in [-0.15, -0.1) is 0 Å². The fourth-order valence-corrected chi connectivity index (χ4v) is 13.3. The number of allylic oxidation sites excluding steroid dienone is 1. The largest absolute Gasteiger partial charge is 0.497 e. The number of aromatic nitrogens is 1. The molecule has 4 aromatic carbocycles. The van der Waals surface area contributed by atoms with Gasteiger partial charge in [-0.1, -0.05) is 42.5 Å². The molecule has 6 bridgehead atoms. The van der Waals surface area contributed by atoms with Gasteiger partial charge in [0.15, 0.2) is 0 Å². The number of nitrogens with zero attached hydrogens (tertiary/aromatic N) is 2. The third-order valence-corrected chi connectivity index (χ3v) is 19.2. The zero-order valence-electron chi connectivity index (χ0n) is 53.9. The van der Waals surface area contributed by atoms with E-state index in [-0.39, 0.29) is 58.2 Å². The van der Waals surface area contributed by atoms with E-state index in [4.69, 9.17) is 14.2 Å². The van der Waals surface area contributed by atoms with Crippen LogP contribution in [0.5, 0.6) is 11.5 Å². The van der Waals surface area contributed by atoms with Crippen LogP contribution in [0.2, 0.25) is 0 Å². The van der Waals surface area contributed by atoms with Crippen molar-refractivity contribution in [3.05, 3.63) is 143 Å². The molecular formula is C68H84F2N10O12S2. The summed E-state index contributed by atoms with van der Waals surface area (Å²) >= 11 is 2.88. The molecule has 0 saturated carbocycles. The summed E-state index contributed by atoms with van der Waals surface area (Å²) in [5.41, 5.74) is 2.20. The second-order valence-corrected chi connectivity index (χ2v) is 26.2. The van der Waals surface area contributed by atoms with E-state index in [0.29, 0.717) is 80.5 Å². The smallest absolute Gasteiger partial charge is 0.246 e. The first-order valence-electron chi connectivity index (χ1n) is 31.4. The lowest BCUT2D eigenvalue weighted by Gasteiger charge is -2.37. The molecule has 5 aromatic rings. The first kappa shape index (κ1) is 71.4. The van der Waals surface area contributed by atoms with Gasteiger partial charge >= 0.3 is 0 Å². The van der Waals surface area contributed by atoms with E-state index >= 15 is 24.0 Å². The number of hydrogen-bond acceptors (Lipinski definition) is 14. The summed E-state index contributed by atoms with van der Waals surface area (Å²) in [5, 5.41) is 20.0. The van der Waals surface area contributed by atoms with E-state index in [9.17, 15) is 28.0 Å². The summed E-state index contributed by atoms with van der Waals surface area (Å²) in [6.45, 7) is 6.57. The van der Waals surface area contributed by atoms with Gasteiger partial charge in [0.25, 0.3) is 0 Å². The molecule has 0 spiro atoms. The van der Waals surface area contributed by atoms with Crippen LogP contribution < -0.4 is 46.7 Å². The fourth-order valence-electron chi connectivity index (χ4n) is 11.6. The van der Waals surface area contributed by atoms with Gasteiger partial charge in [-0.05, 0) is 136 Å². The maximum atomic E-state index is 15.5. The highest BCUT2D eigenvalue weighted by molar-refractivity contribution is 7.98. The Morgan fingerprint density at radius 2 is 1.41 bits per heavy atom. The molecular weight excluding hydrogens is 1250 g/mol. The maximum absolute atomic E-state index is 15.5. The molecule has 3 aliphatic rings. The van der Waals surface area contributed by atoms with Crippen molar-refractivity contribution in [2.75, 3.05) is 52.5 Å². The van der Waals surface area contributed by atoms with Gasteiger partial charge in [0.05, 0.1) is 13.2 Å². The van der Waals surface area contributed by atoms with Crippen LogP contribution in [0, 0.1) is 11.6 Å². The predicted molar refractivity (Wildman–Crippen MR) is 354 cm³/mol. The van der Waals surface area contributed by atoms with Crippen molar-refractivity contribution in [2.24, 2.45) is 0 Å². The molecule has 3 aliphatic heterocycles. The van der Waals surface area contributed by atoms with Crippen LogP contribution in [-0.4, -0.2) is 174 Å². The first-order chi connectivity index (χ1) is 45.0. The number of fused-ring (bicyclic) bond motifs is 12. The Balaban J connectivity index is 1.15. The van der Waals surface area contributed by atoms with Crippen molar-refractivity contribution in [3.63, 3.8) is 0 Å². The van der Waals surface area contributed by atoms with Crippen LogP contribution in [0.15, 0.2) is 103 Å². The van der Waals surface area contributed by atoms with Crippen molar-refractivity contribution in [1.29, 1.82) is 0 Å². The Kier molecular flexibility index (Phi) is 25.5. The zero-order valence-corrected chi connectivity index (χ0v) is 55.5. The summed E-state index contributed by atoms with van der Waals surface area (Å²) in [4.78, 5) is 137. The topological polar surface area (TPSA) is 288 Å². The lowest BCUT2D eigenvalue weighted by Crippen LogP contribution is -2.63. The summed E-state index contributed by atoms with van der Waals surface area (Å²) in [5.74, 6) is -4.60. The van der Waals surface area contributed by atoms with Crippen LogP contribution in [0.1, 0.15) is 87.6 Å². The molecule has 1 fully saturated rings. The van der Waals surface area contributed by atoms with E-state index in [0.717, 1.165) is 10.5 Å². The number of nitrogens with one attached hydrogen (secondary N) is 8. The Morgan fingerprint density at radius 1 is 0.713 bits per heavy atom. The number of likely N-dealkylation sites (N-methyl/N-ethyl adjacent to an activating group) is 1. The molecule has 94 heavy (non-hydrogen) atoms. The number of hydrogen-bond donors (Lipinski definition) is 8. The minimum atomic E-state index is -1.51. The monoisotopic (exact) mass is 1330 g/mol. The maximum Gasteiger partial charge on any atom is 0.246 e. The fraction of sp³-hybridized carbons (Fsp3) is 0.456. The van der Waals surface area contributed by atoms with Gasteiger partial charge in [-0.3, -0.25) is 43.2 Å². The summed E-state index contributed by atoms with van der Waals surface area (Å²) in [7, 11) is 4.23. The second kappa shape index (κ2) is 33.6. The van der Waals surface area contributed by atoms with Crippen molar-refractivity contribution < 1.29 is 66.1 Å². The van der Waals surface area contributed by atoms with Gasteiger partial charge in [0.1, 0.15) is 77.6 Å². The molecule has 22 nitrogen and oxygen atoms in total. The first-order valence-corrected chi connectivity index (χ1v) is 33.7. The van der Waals surface area contributed by atoms with Gasteiger partial charge in [0.2, 0.25) is 53.2 Å². The number of halogens is 2. The highest BCUT2D eigenvalue weighted by atomic mass is 32.2. The van der Waals surface area contributed by atoms with Crippen LogP contribution >= 0.6 is 23.5 Å². The number of benzene rings is 4. The molecule has 9 atom stereocenters. The average molecular weight is 1340 g/mol.